The summed E-state index contributed by atoms with van der Waals surface area (Å²) in [7, 11) is 3.07. The smallest absolute Gasteiger partial charge is 0.320 e. The molecule has 1 N–H and O–H groups in total. The van der Waals surface area contributed by atoms with Gasteiger partial charge in [-0.3, -0.25) is 4.98 Å². The first-order valence-corrected chi connectivity index (χ1v) is 10.2. The summed E-state index contributed by atoms with van der Waals surface area (Å²) in [4.78, 5) is 22.9. The molecule has 0 aromatic carbocycles. The minimum Gasteiger partial charge on any atom is -0.481 e. The molecule has 0 radical (unpaired) electrons. The zero-order valence-electron chi connectivity index (χ0n) is 16.6. The van der Waals surface area contributed by atoms with E-state index in [1.807, 2.05) is 29.6 Å². The van der Waals surface area contributed by atoms with Crippen molar-refractivity contribution < 1.29 is 9.47 Å². The van der Waals surface area contributed by atoms with Crippen LogP contribution in [0.25, 0.3) is 21.8 Å². The van der Waals surface area contributed by atoms with Crippen LogP contribution in [0.3, 0.4) is 0 Å². The number of aromatic nitrogens is 5. The van der Waals surface area contributed by atoms with Crippen LogP contribution in [-0.2, 0) is 6.42 Å². The molecule has 0 atom stereocenters. The fourth-order valence-electron chi connectivity index (χ4n) is 2.86. The van der Waals surface area contributed by atoms with E-state index in [1.165, 1.54) is 12.7 Å². The highest BCUT2D eigenvalue weighted by Crippen LogP contribution is 2.34. The first-order valence-electron chi connectivity index (χ1n) is 9.28. The van der Waals surface area contributed by atoms with E-state index < -0.39 is 0 Å². The van der Waals surface area contributed by atoms with Crippen molar-refractivity contribution in [3.05, 3.63) is 59.9 Å². The van der Waals surface area contributed by atoms with Crippen LogP contribution in [0.2, 0.25) is 0 Å². The Morgan fingerprint density at radius 1 is 1.03 bits per heavy atom. The van der Waals surface area contributed by atoms with Crippen LogP contribution < -0.4 is 14.8 Å². The molecule has 0 amide bonds. The molecule has 4 aromatic heterocycles. The van der Waals surface area contributed by atoms with Crippen LogP contribution >= 0.6 is 11.3 Å². The van der Waals surface area contributed by atoms with Gasteiger partial charge in [0.15, 0.2) is 0 Å². The second kappa shape index (κ2) is 9.27. The fraction of sp³-hybridized carbons (Fsp3) is 0.190. The second-order valence-corrected chi connectivity index (χ2v) is 7.20. The largest absolute Gasteiger partial charge is 0.481 e. The monoisotopic (exact) mass is 420 g/mol. The van der Waals surface area contributed by atoms with Gasteiger partial charge in [0.25, 0.3) is 0 Å². The quantitative estimate of drug-likeness (QED) is 0.461. The van der Waals surface area contributed by atoms with Gasteiger partial charge in [0, 0.05) is 36.8 Å². The van der Waals surface area contributed by atoms with Crippen molar-refractivity contribution in [2.24, 2.45) is 0 Å². The van der Waals surface area contributed by atoms with E-state index in [4.69, 9.17) is 14.5 Å². The van der Waals surface area contributed by atoms with E-state index >= 15 is 0 Å². The number of ether oxygens (including phenoxy) is 2. The van der Waals surface area contributed by atoms with E-state index in [-0.39, 0.29) is 6.01 Å². The lowest BCUT2D eigenvalue weighted by atomic mass is 10.1. The fourth-order valence-corrected chi connectivity index (χ4v) is 3.59. The maximum atomic E-state index is 5.28. The van der Waals surface area contributed by atoms with Gasteiger partial charge in [0.2, 0.25) is 11.8 Å². The maximum absolute atomic E-state index is 5.28. The summed E-state index contributed by atoms with van der Waals surface area (Å²) in [5.41, 5.74) is 3.39. The average Bonchev–Trinajstić information content (AvgIpc) is 3.34. The van der Waals surface area contributed by atoms with Crippen LogP contribution in [0, 0.1) is 0 Å². The molecule has 0 saturated heterocycles. The highest BCUT2D eigenvalue weighted by Gasteiger charge is 2.16. The lowest BCUT2D eigenvalue weighted by Crippen LogP contribution is -2.09. The van der Waals surface area contributed by atoms with Gasteiger partial charge in [0.1, 0.15) is 0 Å². The number of rotatable bonds is 8. The van der Waals surface area contributed by atoms with Gasteiger partial charge in [-0.25, -0.2) is 9.97 Å². The lowest BCUT2D eigenvalue weighted by Gasteiger charge is -2.11. The van der Waals surface area contributed by atoms with Gasteiger partial charge in [-0.15, -0.1) is 11.3 Å². The molecule has 0 aliphatic heterocycles. The molecule has 4 aromatic rings. The third kappa shape index (κ3) is 4.52. The van der Waals surface area contributed by atoms with Gasteiger partial charge in [-0.2, -0.15) is 9.97 Å². The second-order valence-electron chi connectivity index (χ2n) is 6.25. The summed E-state index contributed by atoms with van der Waals surface area (Å²) in [5, 5.41) is 5.31. The minimum atomic E-state index is 0.223. The molecule has 0 fully saturated rings. The molecule has 0 spiro atoms. The SMILES string of the molecule is COc1cc(-c2cnc(NCCc3ccncc3)nc2-c2cccs2)nc(OC)n1. The highest BCUT2D eigenvalue weighted by atomic mass is 32.1. The first-order chi connectivity index (χ1) is 14.8. The highest BCUT2D eigenvalue weighted by molar-refractivity contribution is 7.13. The summed E-state index contributed by atoms with van der Waals surface area (Å²) in [5.74, 6) is 0.970. The molecule has 152 valence electrons. The Morgan fingerprint density at radius 3 is 2.63 bits per heavy atom. The number of thiophene rings is 1. The maximum Gasteiger partial charge on any atom is 0.320 e. The molecule has 30 heavy (non-hydrogen) atoms. The van der Waals surface area contributed by atoms with E-state index in [1.54, 1.807) is 43.1 Å². The summed E-state index contributed by atoms with van der Waals surface area (Å²) in [6, 6.07) is 9.98. The van der Waals surface area contributed by atoms with Gasteiger partial charge in [-0.05, 0) is 35.6 Å². The van der Waals surface area contributed by atoms with Crippen molar-refractivity contribution in [3.8, 4) is 33.7 Å². The Labute approximate surface area is 178 Å². The Kier molecular flexibility index (Phi) is 6.09. The Balaban J connectivity index is 1.65. The lowest BCUT2D eigenvalue weighted by molar-refractivity contribution is 0.353. The summed E-state index contributed by atoms with van der Waals surface area (Å²) >= 11 is 1.60. The molecular weight excluding hydrogens is 400 g/mol. The number of anilines is 1. The van der Waals surface area contributed by atoms with E-state index in [0.717, 1.165) is 22.6 Å². The minimum absolute atomic E-state index is 0.223. The number of hydrogen-bond donors (Lipinski definition) is 1. The first kappa shape index (κ1) is 19.7. The van der Waals surface area contributed by atoms with Crippen LogP contribution in [0.15, 0.2) is 54.3 Å². The third-order valence-corrected chi connectivity index (χ3v) is 5.22. The van der Waals surface area contributed by atoms with Crippen molar-refractivity contribution in [3.63, 3.8) is 0 Å². The molecule has 0 aliphatic carbocycles. The summed E-state index contributed by atoms with van der Waals surface area (Å²) < 4.78 is 10.5. The molecule has 4 heterocycles. The predicted molar refractivity (Wildman–Crippen MR) is 116 cm³/mol. The van der Waals surface area contributed by atoms with Gasteiger partial charge in [-0.1, -0.05) is 6.07 Å². The molecule has 9 heteroatoms. The number of methoxy groups -OCH3 is 2. The molecular formula is C21H20N6O2S. The number of hydrogen-bond acceptors (Lipinski definition) is 9. The van der Waals surface area contributed by atoms with Crippen LogP contribution in [0.1, 0.15) is 5.56 Å². The molecule has 8 nitrogen and oxygen atoms in total. The Hall–Kier alpha value is -3.59. The summed E-state index contributed by atoms with van der Waals surface area (Å²) in [6.45, 7) is 0.711. The zero-order chi connectivity index (χ0) is 20.8. The van der Waals surface area contributed by atoms with Gasteiger partial charge < -0.3 is 14.8 Å². The molecule has 4 rings (SSSR count). The number of nitrogens with zero attached hydrogens (tertiary/aromatic N) is 5. The van der Waals surface area contributed by atoms with E-state index in [2.05, 4.69) is 25.3 Å². The standard InChI is InChI=1S/C21H20N6O2S/c1-28-18-12-16(25-21(26-18)29-2)15-13-24-20(27-19(15)17-4-3-11-30-17)23-10-7-14-5-8-22-9-6-14/h3-6,8-9,11-13H,7,10H2,1-2H3,(H,23,24,27). The Morgan fingerprint density at radius 2 is 1.90 bits per heavy atom. The number of nitrogens with one attached hydrogen (secondary N) is 1. The van der Waals surface area contributed by atoms with Crippen LogP contribution in [0.5, 0.6) is 11.9 Å². The van der Waals surface area contributed by atoms with Crippen LogP contribution in [-0.4, -0.2) is 45.7 Å². The summed E-state index contributed by atoms with van der Waals surface area (Å²) in [6.07, 6.45) is 6.19. The molecule has 0 bridgehead atoms. The Bertz CT molecular complexity index is 1080. The molecule has 0 aliphatic rings. The molecule has 0 unspecified atom stereocenters. The van der Waals surface area contributed by atoms with E-state index in [9.17, 15) is 0 Å². The van der Waals surface area contributed by atoms with Gasteiger partial charge in [0.05, 0.1) is 30.5 Å². The van der Waals surface area contributed by atoms with Crippen LogP contribution in [0.4, 0.5) is 5.95 Å². The van der Waals surface area contributed by atoms with Crippen molar-refractivity contribution in [1.29, 1.82) is 0 Å². The van der Waals surface area contributed by atoms with Gasteiger partial charge >= 0.3 is 6.01 Å². The topological polar surface area (TPSA) is 94.9 Å². The normalized spacial score (nSPS) is 10.6. The van der Waals surface area contributed by atoms with Crippen molar-refractivity contribution in [2.75, 3.05) is 26.1 Å². The zero-order valence-corrected chi connectivity index (χ0v) is 17.4. The van der Waals surface area contributed by atoms with Crippen molar-refractivity contribution >= 4 is 17.3 Å². The van der Waals surface area contributed by atoms with Crippen molar-refractivity contribution in [1.82, 2.24) is 24.9 Å². The van der Waals surface area contributed by atoms with Crippen molar-refractivity contribution in [2.45, 2.75) is 6.42 Å². The van der Waals surface area contributed by atoms with E-state index in [0.29, 0.717) is 24.1 Å². The average molecular weight is 420 g/mol. The predicted octanol–water partition coefficient (Wildman–Crippen LogP) is 3.73. The number of pyridine rings is 1. The third-order valence-electron chi connectivity index (χ3n) is 4.34. The molecule has 0 saturated carbocycles.